The maximum atomic E-state index is 4.13. The lowest BCUT2D eigenvalue weighted by Gasteiger charge is -2.13. The molecule has 0 saturated heterocycles. The number of hydrogen-bond donors (Lipinski definition) is 1. The van der Waals surface area contributed by atoms with Crippen LogP contribution in [0.3, 0.4) is 0 Å². The Kier molecular flexibility index (Phi) is 4.29. The van der Waals surface area contributed by atoms with Gasteiger partial charge in [-0.05, 0) is 36.2 Å². The Morgan fingerprint density at radius 3 is 2.65 bits per heavy atom. The summed E-state index contributed by atoms with van der Waals surface area (Å²) in [6.45, 7) is 3.01. The van der Waals surface area contributed by atoms with Crippen molar-refractivity contribution in [1.82, 2.24) is 10.3 Å². The zero-order valence-electron chi connectivity index (χ0n) is 9.73. The van der Waals surface area contributed by atoms with Crippen LogP contribution in [0.25, 0.3) is 0 Å². The molecule has 2 nitrogen and oxygen atoms in total. The molecule has 0 saturated carbocycles. The quantitative estimate of drug-likeness (QED) is 0.929. The molecule has 2 aromatic rings. The lowest BCUT2D eigenvalue weighted by Crippen LogP contribution is -2.18. The molecule has 3 heteroatoms. The standard InChI is InChI=1S/C14H15BrN2/c1-11(13-3-2-8-16-10-13)17-9-12-4-6-14(15)7-5-12/h2-8,10-11,17H,9H2,1H3. The number of aromatic nitrogens is 1. The van der Waals surface area contributed by atoms with E-state index < -0.39 is 0 Å². The Hall–Kier alpha value is -1.19. The van der Waals surface area contributed by atoms with Crippen LogP contribution in [0.2, 0.25) is 0 Å². The van der Waals surface area contributed by atoms with Crippen LogP contribution in [0.5, 0.6) is 0 Å². The average molecular weight is 291 g/mol. The number of rotatable bonds is 4. The normalized spacial score (nSPS) is 12.4. The van der Waals surface area contributed by atoms with Gasteiger partial charge >= 0.3 is 0 Å². The van der Waals surface area contributed by atoms with Crippen molar-refractivity contribution in [3.8, 4) is 0 Å². The van der Waals surface area contributed by atoms with Gasteiger partial charge in [0.15, 0.2) is 0 Å². The first-order valence-corrected chi connectivity index (χ1v) is 6.43. The third kappa shape index (κ3) is 3.65. The van der Waals surface area contributed by atoms with E-state index in [0.717, 1.165) is 11.0 Å². The Morgan fingerprint density at radius 2 is 2.00 bits per heavy atom. The zero-order valence-corrected chi connectivity index (χ0v) is 11.3. The second-order valence-electron chi connectivity index (χ2n) is 4.02. The summed E-state index contributed by atoms with van der Waals surface area (Å²) in [4.78, 5) is 4.13. The number of nitrogens with one attached hydrogen (secondary N) is 1. The summed E-state index contributed by atoms with van der Waals surface area (Å²) < 4.78 is 1.11. The van der Waals surface area contributed by atoms with Crippen LogP contribution in [0, 0.1) is 0 Å². The van der Waals surface area contributed by atoms with Gasteiger partial charge in [0.25, 0.3) is 0 Å². The fourth-order valence-corrected chi connectivity index (χ4v) is 1.89. The minimum absolute atomic E-state index is 0.312. The van der Waals surface area contributed by atoms with Crippen molar-refractivity contribution in [2.45, 2.75) is 19.5 Å². The molecule has 1 aromatic heterocycles. The van der Waals surface area contributed by atoms with Crippen LogP contribution in [-0.4, -0.2) is 4.98 Å². The van der Waals surface area contributed by atoms with Crippen molar-refractivity contribution < 1.29 is 0 Å². The van der Waals surface area contributed by atoms with Gasteiger partial charge in [0.2, 0.25) is 0 Å². The van der Waals surface area contributed by atoms with E-state index >= 15 is 0 Å². The summed E-state index contributed by atoms with van der Waals surface area (Å²) >= 11 is 3.43. The Balaban J connectivity index is 1.92. The van der Waals surface area contributed by atoms with Crippen LogP contribution in [0.15, 0.2) is 53.3 Å². The number of benzene rings is 1. The maximum absolute atomic E-state index is 4.13. The first kappa shape index (κ1) is 12.3. The first-order valence-electron chi connectivity index (χ1n) is 5.63. The van der Waals surface area contributed by atoms with Crippen LogP contribution in [0.4, 0.5) is 0 Å². The van der Waals surface area contributed by atoms with Crippen molar-refractivity contribution in [1.29, 1.82) is 0 Å². The smallest absolute Gasteiger partial charge is 0.0315 e. The second kappa shape index (κ2) is 5.94. The molecule has 1 N–H and O–H groups in total. The fourth-order valence-electron chi connectivity index (χ4n) is 1.62. The van der Waals surface area contributed by atoms with Gasteiger partial charge in [0.05, 0.1) is 0 Å². The molecule has 2 rings (SSSR count). The lowest BCUT2D eigenvalue weighted by molar-refractivity contribution is 0.573. The predicted molar refractivity (Wildman–Crippen MR) is 73.6 cm³/mol. The van der Waals surface area contributed by atoms with Crippen LogP contribution >= 0.6 is 15.9 Å². The van der Waals surface area contributed by atoms with Gasteiger partial charge < -0.3 is 5.32 Å². The maximum Gasteiger partial charge on any atom is 0.0315 e. The molecule has 0 spiro atoms. The van der Waals surface area contributed by atoms with Crippen molar-refractivity contribution in [2.24, 2.45) is 0 Å². The second-order valence-corrected chi connectivity index (χ2v) is 4.93. The number of hydrogen-bond acceptors (Lipinski definition) is 2. The highest BCUT2D eigenvalue weighted by Gasteiger charge is 2.03. The van der Waals surface area contributed by atoms with E-state index in [-0.39, 0.29) is 0 Å². The molecule has 1 aromatic carbocycles. The summed E-state index contributed by atoms with van der Waals surface area (Å²) in [7, 11) is 0. The third-order valence-electron chi connectivity index (χ3n) is 2.71. The molecule has 0 radical (unpaired) electrons. The first-order chi connectivity index (χ1) is 8.25. The SMILES string of the molecule is CC(NCc1ccc(Br)cc1)c1cccnc1. The molecular weight excluding hydrogens is 276 g/mol. The van der Waals surface area contributed by atoms with E-state index in [2.05, 4.69) is 63.5 Å². The summed E-state index contributed by atoms with van der Waals surface area (Å²) in [5, 5.41) is 3.48. The van der Waals surface area contributed by atoms with Crippen LogP contribution in [-0.2, 0) is 6.54 Å². The zero-order chi connectivity index (χ0) is 12.1. The van der Waals surface area contributed by atoms with Gasteiger partial charge in [-0.15, -0.1) is 0 Å². The number of pyridine rings is 1. The molecule has 0 aliphatic heterocycles. The highest BCUT2D eigenvalue weighted by atomic mass is 79.9. The van der Waals surface area contributed by atoms with Gasteiger partial charge in [-0.3, -0.25) is 4.98 Å². The topological polar surface area (TPSA) is 24.9 Å². The van der Waals surface area contributed by atoms with E-state index in [9.17, 15) is 0 Å². The molecule has 1 heterocycles. The molecule has 0 fully saturated rings. The van der Waals surface area contributed by atoms with Crippen molar-refractivity contribution in [3.63, 3.8) is 0 Å². The number of halogens is 1. The van der Waals surface area contributed by atoms with Gasteiger partial charge in [-0.2, -0.15) is 0 Å². The summed E-state index contributed by atoms with van der Waals surface area (Å²) in [5.41, 5.74) is 2.49. The molecular formula is C14H15BrN2. The van der Waals surface area contributed by atoms with Gasteiger partial charge in [0.1, 0.15) is 0 Å². The van der Waals surface area contributed by atoms with Crippen molar-refractivity contribution in [2.75, 3.05) is 0 Å². The molecule has 0 bridgehead atoms. The Bertz CT molecular complexity index is 453. The van der Waals surface area contributed by atoms with Crippen molar-refractivity contribution >= 4 is 15.9 Å². The lowest BCUT2D eigenvalue weighted by atomic mass is 10.1. The van der Waals surface area contributed by atoms with Crippen molar-refractivity contribution in [3.05, 3.63) is 64.4 Å². The molecule has 0 aliphatic rings. The highest BCUT2D eigenvalue weighted by Crippen LogP contribution is 2.13. The predicted octanol–water partition coefficient (Wildman–Crippen LogP) is 3.69. The minimum atomic E-state index is 0.312. The molecule has 1 unspecified atom stereocenters. The average Bonchev–Trinajstić information content (AvgIpc) is 2.39. The third-order valence-corrected chi connectivity index (χ3v) is 3.24. The molecule has 0 aliphatic carbocycles. The van der Waals surface area contributed by atoms with Crippen LogP contribution in [0.1, 0.15) is 24.1 Å². The summed E-state index contributed by atoms with van der Waals surface area (Å²) in [6.07, 6.45) is 3.70. The van der Waals surface area contributed by atoms with Gasteiger partial charge in [0, 0.05) is 29.5 Å². The van der Waals surface area contributed by atoms with E-state index in [0.29, 0.717) is 6.04 Å². The molecule has 0 amide bonds. The Labute approximate surface area is 110 Å². The highest BCUT2D eigenvalue weighted by molar-refractivity contribution is 9.10. The summed E-state index contributed by atoms with van der Waals surface area (Å²) in [6, 6.07) is 12.7. The van der Waals surface area contributed by atoms with E-state index in [1.165, 1.54) is 11.1 Å². The fraction of sp³-hybridized carbons (Fsp3) is 0.214. The van der Waals surface area contributed by atoms with E-state index in [1.54, 1.807) is 6.20 Å². The minimum Gasteiger partial charge on any atom is -0.306 e. The van der Waals surface area contributed by atoms with Gasteiger partial charge in [-0.25, -0.2) is 0 Å². The molecule has 88 valence electrons. The van der Waals surface area contributed by atoms with E-state index in [1.807, 2.05) is 12.3 Å². The van der Waals surface area contributed by atoms with Gasteiger partial charge in [-0.1, -0.05) is 34.1 Å². The molecule has 17 heavy (non-hydrogen) atoms. The largest absolute Gasteiger partial charge is 0.306 e. The Morgan fingerprint density at radius 1 is 1.24 bits per heavy atom. The van der Waals surface area contributed by atoms with E-state index in [4.69, 9.17) is 0 Å². The number of nitrogens with zero attached hydrogens (tertiary/aromatic N) is 1. The van der Waals surface area contributed by atoms with Crippen LogP contribution < -0.4 is 5.32 Å². The monoisotopic (exact) mass is 290 g/mol. The molecule has 1 atom stereocenters. The summed E-state index contributed by atoms with van der Waals surface area (Å²) in [5.74, 6) is 0.